The van der Waals surface area contributed by atoms with E-state index in [1.54, 1.807) is 12.1 Å². The molecule has 1 atom stereocenters. The van der Waals surface area contributed by atoms with Crippen molar-refractivity contribution in [1.29, 1.82) is 0 Å². The summed E-state index contributed by atoms with van der Waals surface area (Å²) in [7, 11) is 5.61. The molecule has 0 aliphatic heterocycles. The zero-order valence-corrected chi connectivity index (χ0v) is 13.7. The molecule has 0 aliphatic rings. The van der Waals surface area contributed by atoms with Crippen LogP contribution in [0.1, 0.15) is 23.7 Å². The number of carboxylic acid groups (broad SMARTS) is 1. The molecule has 0 saturated carbocycles. The van der Waals surface area contributed by atoms with Gasteiger partial charge in [-0.3, -0.25) is 9.59 Å². The van der Waals surface area contributed by atoms with E-state index in [9.17, 15) is 14.4 Å². The predicted octanol–water partition coefficient (Wildman–Crippen LogP) is 1.32. The van der Waals surface area contributed by atoms with Crippen molar-refractivity contribution in [1.82, 2.24) is 0 Å². The summed E-state index contributed by atoms with van der Waals surface area (Å²) in [5, 5.41) is 8.97. The quantitative estimate of drug-likeness (QED) is 0.462. The molecule has 0 saturated heterocycles. The largest absolute Gasteiger partial charge is 0.481 e. The molecule has 0 spiro atoms. The summed E-state index contributed by atoms with van der Waals surface area (Å²) in [5.41, 5.74) is 0.0829. The van der Waals surface area contributed by atoms with Crippen molar-refractivity contribution < 1.29 is 33.4 Å². The third-order valence-electron chi connectivity index (χ3n) is 2.79. The van der Waals surface area contributed by atoms with Gasteiger partial charge >= 0.3 is 17.9 Å². The molecule has 7 heteroatoms. The Morgan fingerprint density at radius 3 is 2.30 bits per heavy atom. The van der Waals surface area contributed by atoms with Crippen LogP contribution in [-0.4, -0.2) is 61.3 Å². The Morgan fingerprint density at radius 2 is 1.78 bits per heavy atom. The minimum absolute atomic E-state index is 0.0829. The highest BCUT2D eigenvalue weighted by Crippen LogP contribution is 2.20. The Morgan fingerprint density at radius 1 is 1.17 bits per heavy atom. The van der Waals surface area contributed by atoms with E-state index in [1.165, 1.54) is 19.1 Å². The maximum absolute atomic E-state index is 12.3. The van der Waals surface area contributed by atoms with Crippen LogP contribution in [0.4, 0.5) is 0 Å². The lowest BCUT2D eigenvalue weighted by Crippen LogP contribution is -2.43. The number of carboxylic acids is 1. The topological polar surface area (TPSA) is 89.9 Å². The second-order valence-electron chi connectivity index (χ2n) is 6.19. The average molecular weight is 324 g/mol. The highest BCUT2D eigenvalue weighted by atomic mass is 16.6. The second kappa shape index (κ2) is 7.73. The van der Waals surface area contributed by atoms with Gasteiger partial charge < -0.3 is 19.1 Å². The van der Waals surface area contributed by atoms with Crippen LogP contribution in [-0.2, 0) is 14.3 Å². The second-order valence-corrected chi connectivity index (χ2v) is 6.19. The Kier molecular flexibility index (Phi) is 6.27. The van der Waals surface area contributed by atoms with Crippen molar-refractivity contribution in [3.63, 3.8) is 0 Å². The lowest BCUT2D eigenvalue weighted by molar-refractivity contribution is -0.873. The fraction of sp³-hybridized carbons (Fsp3) is 0.438. The van der Waals surface area contributed by atoms with Gasteiger partial charge in [0.05, 0.1) is 27.6 Å². The molecule has 0 aliphatic carbocycles. The summed E-state index contributed by atoms with van der Waals surface area (Å²) in [4.78, 5) is 34.4. The van der Waals surface area contributed by atoms with Crippen molar-refractivity contribution in [3.05, 3.63) is 29.8 Å². The lowest BCUT2D eigenvalue weighted by Gasteiger charge is -2.28. The number of ether oxygens (including phenoxy) is 2. The highest BCUT2D eigenvalue weighted by molar-refractivity contribution is 5.93. The first-order chi connectivity index (χ1) is 10.6. The molecule has 1 rings (SSSR count). The molecule has 1 N–H and O–H groups in total. The molecule has 1 aromatic rings. The maximum atomic E-state index is 12.3. The van der Waals surface area contributed by atoms with E-state index >= 15 is 0 Å². The summed E-state index contributed by atoms with van der Waals surface area (Å²) < 4.78 is 10.7. The number of aliphatic carboxylic acids is 1. The molecule has 0 unspecified atom stereocenters. The number of nitrogens with zero attached hydrogens (tertiary/aromatic N) is 1. The number of benzene rings is 1. The summed E-state index contributed by atoms with van der Waals surface area (Å²) in [6, 6.07) is 6.17. The monoisotopic (exact) mass is 324 g/mol. The van der Waals surface area contributed by atoms with Gasteiger partial charge in [-0.25, -0.2) is 4.79 Å². The molecule has 0 heterocycles. The first-order valence-corrected chi connectivity index (χ1v) is 7.09. The van der Waals surface area contributed by atoms with Gasteiger partial charge in [0.15, 0.2) is 6.10 Å². The van der Waals surface area contributed by atoms with Crippen LogP contribution in [0.25, 0.3) is 0 Å². The first kappa shape index (κ1) is 18.6. The van der Waals surface area contributed by atoms with Crippen LogP contribution in [0.3, 0.4) is 0 Å². The lowest BCUT2D eigenvalue weighted by atomic mass is 10.2. The van der Waals surface area contributed by atoms with Crippen molar-refractivity contribution in [2.75, 3.05) is 27.7 Å². The molecular formula is C16H22NO6+. The van der Waals surface area contributed by atoms with Gasteiger partial charge in [-0.15, -0.1) is 0 Å². The standard InChI is InChI=1S/C16H21NO6/c1-11(18)22-14-8-6-5-7-13(14)16(21)23-12(9-15(19)20)10-17(2,3)4/h5-8,12H,9-10H2,1-4H3/p+1/t12-/m1/s1. The van der Waals surface area contributed by atoms with E-state index < -0.39 is 24.0 Å². The molecular weight excluding hydrogens is 302 g/mol. The fourth-order valence-electron chi connectivity index (χ4n) is 2.04. The Balaban J connectivity index is 2.94. The molecule has 7 nitrogen and oxygen atoms in total. The molecule has 0 fully saturated rings. The van der Waals surface area contributed by atoms with Gasteiger partial charge in [0.25, 0.3) is 0 Å². The zero-order chi connectivity index (χ0) is 17.6. The summed E-state index contributed by atoms with van der Waals surface area (Å²) in [6.07, 6.45) is -1.08. The van der Waals surface area contributed by atoms with Crippen molar-refractivity contribution >= 4 is 17.9 Å². The summed E-state index contributed by atoms with van der Waals surface area (Å²) >= 11 is 0. The number of quaternary nitrogens is 1. The van der Waals surface area contributed by atoms with Gasteiger partial charge in [-0.05, 0) is 12.1 Å². The van der Waals surface area contributed by atoms with E-state index in [2.05, 4.69) is 0 Å². The van der Waals surface area contributed by atoms with E-state index in [-0.39, 0.29) is 17.7 Å². The van der Waals surface area contributed by atoms with Gasteiger partial charge in [-0.2, -0.15) is 0 Å². The minimum atomic E-state index is -1.05. The smallest absolute Gasteiger partial charge is 0.342 e. The van der Waals surface area contributed by atoms with Crippen LogP contribution in [0, 0.1) is 0 Å². The fourth-order valence-corrected chi connectivity index (χ4v) is 2.04. The highest BCUT2D eigenvalue weighted by Gasteiger charge is 2.26. The van der Waals surface area contributed by atoms with Crippen molar-refractivity contribution in [2.45, 2.75) is 19.4 Å². The Labute approximate surface area is 135 Å². The van der Waals surface area contributed by atoms with Gasteiger partial charge in [0, 0.05) is 6.92 Å². The number of esters is 2. The Bertz CT molecular complexity index is 590. The van der Waals surface area contributed by atoms with E-state index in [0.29, 0.717) is 11.0 Å². The Hall–Kier alpha value is -2.41. The number of hydrogen-bond donors (Lipinski definition) is 1. The predicted molar refractivity (Wildman–Crippen MR) is 82.1 cm³/mol. The number of carbonyl (C=O) groups is 3. The summed E-state index contributed by atoms with van der Waals surface area (Å²) in [5.74, 6) is -2.24. The number of hydrogen-bond acceptors (Lipinski definition) is 5. The van der Waals surface area contributed by atoms with E-state index in [1.807, 2.05) is 21.1 Å². The minimum Gasteiger partial charge on any atom is -0.481 e. The van der Waals surface area contributed by atoms with Crippen LogP contribution >= 0.6 is 0 Å². The van der Waals surface area contributed by atoms with Crippen LogP contribution in [0.15, 0.2) is 24.3 Å². The SMILES string of the molecule is CC(=O)Oc1ccccc1C(=O)O[C@H](CC(=O)O)C[N+](C)(C)C. The number of para-hydroxylation sites is 1. The maximum Gasteiger partial charge on any atom is 0.342 e. The normalized spacial score (nSPS) is 12.3. The molecule has 0 aromatic heterocycles. The third-order valence-corrected chi connectivity index (χ3v) is 2.79. The van der Waals surface area contributed by atoms with E-state index in [4.69, 9.17) is 14.6 Å². The molecule has 23 heavy (non-hydrogen) atoms. The number of rotatable bonds is 7. The zero-order valence-electron chi connectivity index (χ0n) is 13.7. The van der Waals surface area contributed by atoms with Crippen LogP contribution in [0.2, 0.25) is 0 Å². The van der Waals surface area contributed by atoms with Gasteiger partial charge in [0.1, 0.15) is 17.9 Å². The van der Waals surface area contributed by atoms with Gasteiger partial charge in [-0.1, -0.05) is 12.1 Å². The van der Waals surface area contributed by atoms with Crippen LogP contribution in [0.5, 0.6) is 5.75 Å². The van der Waals surface area contributed by atoms with E-state index in [0.717, 1.165) is 0 Å². The number of likely N-dealkylation sites (N-methyl/N-ethyl adjacent to an activating group) is 1. The molecule has 126 valence electrons. The third kappa shape index (κ3) is 6.92. The van der Waals surface area contributed by atoms with Crippen molar-refractivity contribution in [3.8, 4) is 5.75 Å². The molecule has 1 aromatic carbocycles. The molecule has 0 bridgehead atoms. The molecule has 0 radical (unpaired) electrons. The molecule has 0 amide bonds. The van der Waals surface area contributed by atoms with Gasteiger partial charge in [0.2, 0.25) is 0 Å². The van der Waals surface area contributed by atoms with Crippen molar-refractivity contribution in [2.24, 2.45) is 0 Å². The average Bonchev–Trinajstić information content (AvgIpc) is 2.35. The summed E-state index contributed by atoms with van der Waals surface area (Å²) in [6.45, 7) is 1.57. The first-order valence-electron chi connectivity index (χ1n) is 7.09. The number of carbonyl (C=O) groups excluding carboxylic acids is 2. The van der Waals surface area contributed by atoms with Crippen LogP contribution < -0.4 is 4.74 Å².